The molecule has 1 heterocycles. The summed E-state index contributed by atoms with van der Waals surface area (Å²) in [6.07, 6.45) is 5.30. The Morgan fingerprint density at radius 2 is 2.10 bits per heavy atom. The number of aliphatic hydroxyl groups is 1. The summed E-state index contributed by atoms with van der Waals surface area (Å²) in [5.41, 5.74) is -0.198. The van der Waals surface area contributed by atoms with E-state index in [-0.39, 0.29) is 0 Å². The maximum absolute atomic E-state index is 11.1. The molecule has 1 N–H and O–H groups in total. The minimum absolute atomic E-state index is 0.307. The lowest BCUT2D eigenvalue weighted by atomic mass is 9.89. The van der Waals surface area contributed by atoms with Crippen molar-refractivity contribution in [3.05, 3.63) is 47.2 Å². The highest BCUT2D eigenvalue weighted by atomic mass is 35.5. The Balaban J connectivity index is 1.89. The molecular weight excluding hydrogens is 297 g/mol. The SMILES string of the molecule is OC(Cc1ccccc1Cl)(Cn1ccnn1)C1(Cl)CC1. The predicted octanol–water partition coefficient (Wildman–Crippen LogP) is 2.68. The highest BCUT2D eigenvalue weighted by Crippen LogP contribution is 2.53. The van der Waals surface area contributed by atoms with E-state index in [2.05, 4.69) is 10.3 Å². The molecule has 0 spiro atoms. The molecule has 1 aromatic carbocycles. The number of hydrogen-bond donors (Lipinski definition) is 1. The predicted molar refractivity (Wildman–Crippen MR) is 77.9 cm³/mol. The summed E-state index contributed by atoms with van der Waals surface area (Å²) >= 11 is 12.7. The lowest BCUT2D eigenvalue weighted by Gasteiger charge is -2.33. The molecule has 0 saturated heterocycles. The summed E-state index contributed by atoms with van der Waals surface area (Å²) < 4.78 is 1.61. The molecule has 0 aliphatic heterocycles. The van der Waals surface area contributed by atoms with Crippen LogP contribution in [0.1, 0.15) is 18.4 Å². The first kappa shape index (κ1) is 13.9. The lowest BCUT2D eigenvalue weighted by Crippen LogP contribution is -2.47. The van der Waals surface area contributed by atoms with Gasteiger partial charge in [0.1, 0.15) is 5.60 Å². The zero-order chi connectivity index (χ0) is 14.2. The number of aromatic nitrogens is 3. The molecule has 0 bridgehead atoms. The summed E-state index contributed by atoms with van der Waals surface area (Å²) in [6, 6.07) is 7.51. The van der Waals surface area contributed by atoms with Gasteiger partial charge in [-0.2, -0.15) is 0 Å². The monoisotopic (exact) mass is 311 g/mol. The van der Waals surface area contributed by atoms with Crippen LogP contribution >= 0.6 is 23.2 Å². The van der Waals surface area contributed by atoms with Crippen molar-refractivity contribution in [1.82, 2.24) is 15.0 Å². The Hall–Kier alpha value is -1.10. The largest absolute Gasteiger partial charge is 0.386 e. The summed E-state index contributed by atoms with van der Waals surface area (Å²) in [4.78, 5) is -0.599. The van der Waals surface area contributed by atoms with Gasteiger partial charge in [0.15, 0.2) is 0 Å². The molecule has 2 aromatic rings. The van der Waals surface area contributed by atoms with Crippen molar-refractivity contribution in [1.29, 1.82) is 0 Å². The minimum atomic E-state index is -1.09. The molecule has 106 valence electrons. The fourth-order valence-electron chi connectivity index (χ4n) is 2.47. The first-order chi connectivity index (χ1) is 9.52. The highest BCUT2D eigenvalue weighted by molar-refractivity contribution is 6.31. The second kappa shape index (κ2) is 5.02. The Morgan fingerprint density at radius 1 is 1.35 bits per heavy atom. The summed E-state index contributed by atoms with van der Waals surface area (Å²) in [5.74, 6) is 0. The molecule has 1 aliphatic rings. The van der Waals surface area contributed by atoms with E-state index in [0.29, 0.717) is 18.0 Å². The molecule has 4 nitrogen and oxygen atoms in total. The fourth-order valence-corrected chi connectivity index (χ4v) is 2.90. The lowest BCUT2D eigenvalue weighted by molar-refractivity contribution is 0.00729. The number of rotatable bonds is 5. The third-order valence-corrected chi connectivity index (χ3v) is 4.96. The first-order valence-corrected chi connectivity index (χ1v) is 7.27. The van der Waals surface area contributed by atoms with Gasteiger partial charge in [-0.25, -0.2) is 4.68 Å². The smallest absolute Gasteiger partial charge is 0.107 e. The van der Waals surface area contributed by atoms with E-state index in [9.17, 15) is 5.11 Å². The topological polar surface area (TPSA) is 50.9 Å². The average Bonchev–Trinajstić information content (AvgIpc) is 2.98. The average molecular weight is 312 g/mol. The van der Waals surface area contributed by atoms with E-state index in [1.165, 1.54) is 0 Å². The van der Waals surface area contributed by atoms with Crippen LogP contribution in [-0.2, 0) is 13.0 Å². The number of halogens is 2. The number of alkyl halides is 1. The Kier molecular flexibility index (Phi) is 3.48. The quantitative estimate of drug-likeness (QED) is 0.864. The van der Waals surface area contributed by atoms with Crippen LogP contribution in [0.2, 0.25) is 5.02 Å². The Labute approximate surface area is 127 Å². The molecule has 1 aliphatic carbocycles. The molecule has 0 radical (unpaired) electrons. The number of nitrogens with zero attached hydrogens (tertiary/aromatic N) is 3. The van der Waals surface area contributed by atoms with Crippen molar-refractivity contribution in [3.8, 4) is 0 Å². The zero-order valence-electron chi connectivity index (χ0n) is 10.8. The van der Waals surface area contributed by atoms with Gasteiger partial charge in [0.2, 0.25) is 0 Å². The first-order valence-electron chi connectivity index (χ1n) is 6.51. The van der Waals surface area contributed by atoms with E-state index >= 15 is 0 Å². The van der Waals surface area contributed by atoms with Crippen molar-refractivity contribution in [2.24, 2.45) is 0 Å². The summed E-state index contributed by atoms with van der Waals surface area (Å²) in [7, 11) is 0. The van der Waals surface area contributed by atoms with Crippen molar-refractivity contribution >= 4 is 23.2 Å². The van der Waals surface area contributed by atoms with Crippen LogP contribution in [0, 0.1) is 0 Å². The Morgan fingerprint density at radius 3 is 2.70 bits per heavy atom. The van der Waals surface area contributed by atoms with Crippen molar-refractivity contribution in [2.75, 3.05) is 0 Å². The van der Waals surface area contributed by atoms with Gasteiger partial charge in [-0.1, -0.05) is 35.0 Å². The van der Waals surface area contributed by atoms with Crippen LogP contribution < -0.4 is 0 Å². The molecule has 1 saturated carbocycles. The second-order valence-corrected chi connectivity index (χ2v) is 6.50. The van der Waals surface area contributed by atoms with Crippen LogP contribution in [0.4, 0.5) is 0 Å². The molecule has 3 rings (SSSR count). The maximum atomic E-state index is 11.1. The molecule has 1 aromatic heterocycles. The molecule has 1 unspecified atom stereocenters. The van der Waals surface area contributed by atoms with Gasteiger partial charge in [0, 0.05) is 17.6 Å². The Bertz CT molecular complexity index is 598. The molecule has 1 atom stereocenters. The van der Waals surface area contributed by atoms with Crippen LogP contribution in [-0.4, -0.2) is 30.6 Å². The standard InChI is InChI=1S/C14H15Cl2N3O/c15-12-4-2-1-3-11(12)9-14(20,13(16)5-6-13)10-19-8-7-17-18-19/h1-4,7-8,20H,5-6,9-10H2. The van der Waals surface area contributed by atoms with Crippen molar-refractivity contribution in [3.63, 3.8) is 0 Å². The van der Waals surface area contributed by atoms with E-state index in [4.69, 9.17) is 23.2 Å². The zero-order valence-corrected chi connectivity index (χ0v) is 12.3. The second-order valence-electron chi connectivity index (χ2n) is 5.37. The van der Waals surface area contributed by atoms with Gasteiger partial charge in [0.05, 0.1) is 17.6 Å². The van der Waals surface area contributed by atoms with E-state index < -0.39 is 10.5 Å². The third kappa shape index (κ3) is 2.55. The van der Waals surface area contributed by atoms with Crippen LogP contribution in [0.25, 0.3) is 0 Å². The summed E-state index contributed by atoms with van der Waals surface area (Å²) in [5, 5.41) is 19.4. The molecular formula is C14H15Cl2N3O. The maximum Gasteiger partial charge on any atom is 0.107 e. The van der Waals surface area contributed by atoms with Gasteiger partial charge in [-0.15, -0.1) is 16.7 Å². The van der Waals surface area contributed by atoms with Crippen molar-refractivity contribution in [2.45, 2.75) is 36.3 Å². The normalized spacial score (nSPS) is 19.6. The van der Waals surface area contributed by atoms with Gasteiger partial charge in [-0.3, -0.25) is 0 Å². The van der Waals surface area contributed by atoms with Crippen LogP contribution in [0.3, 0.4) is 0 Å². The van der Waals surface area contributed by atoms with Gasteiger partial charge >= 0.3 is 0 Å². The molecule has 1 fully saturated rings. The van der Waals surface area contributed by atoms with E-state index in [1.807, 2.05) is 24.3 Å². The number of hydrogen-bond acceptors (Lipinski definition) is 3. The highest BCUT2D eigenvalue weighted by Gasteiger charge is 2.58. The van der Waals surface area contributed by atoms with Gasteiger partial charge in [0.25, 0.3) is 0 Å². The van der Waals surface area contributed by atoms with Gasteiger partial charge < -0.3 is 5.11 Å². The number of benzene rings is 1. The molecule has 6 heteroatoms. The molecule has 0 amide bonds. The van der Waals surface area contributed by atoms with E-state index in [0.717, 1.165) is 18.4 Å². The van der Waals surface area contributed by atoms with Crippen LogP contribution in [0.5, 0.6) is 0 Å². The fraction of sp³-hybridized carbons (Fsp3) is 0.429. The molecule has 20 heavy (non-hydrogen) atoms. The third-order valence-electron chi connectivity index (χ3n) is 3.86. The van der Waals surface area contributed by atoms with Crippen molar-refractivity contribution < 1.29 is 5.11 Å². The summed E-state index contributed by atoms with van der Waals surface area (Å²) in [6.45, 7) is 0.307. The van der Waals surface area contributed by atoms with Gasteiger partial charge in [-0.05, 0) is 24.5 Å². The van der Waals surface area contributed by atoms with Crippen LogP contribution in [0.15, 0.2) is 36.7 Å². The van der Waals surface area contributed by atoms with E-state index in [1.54, 1.807) is 17.1 Å². The minimum Gasteiger partial charge on any atom is -0.386 e.